The van der Waals surface area contributed by atoms with E-state index in [1.807, 2.05) is 36.4 Å². The van der Waals surface area contributed by atoms with E-state index in [0.717, 1.165) is 22.3 Å². The first-order valence-corrected chi connectivity index (χ1v) is 8.25. The average molecular weight is 331 g/mol. The summed E-state index contributed by atoms with van der Waals surface area (Å²) in [6.07, 6.45) is 2.46. The van der Waals surface area contributed by atoms with Crippen LogP contribution in [0.2, 0.25) is 0 Å². The van der Waals surface area contributed by atoms with Gasteiger partial charge in [-0.25, -0.2) is 0 Å². The van der Waals surface area contributed by atoms with Gasteiger partial charge < -0.3 is 10.1 Å². The molecule has 0 aromatic heterocycles. The minimum atomic E-state index is -0.0964. The summed E-state index contributed by atoms with van der Waals surface area (Å²) in [5.41, 5.74) is 2.68. The molecule has 0 spiro atoms. The van der Waals surface area contributed by atoms with E-state index >= 15 is 0 Å². The molecule has 0 fully saturated rings. The largest absolute Gasteiger partial charge is 0.496 e. The lowest BCUT2D eigenvalue weighted by molar-refractivity contribution is 0.0951. The van der Waals surface area contributed by atoms with Gasteiger partial charge in [-0.15, -0.1) is 6.58 Å². The van der Waals surface area contributed by atoms with Gasteiger partial charge in [-0.05, 0) is 46.5 Å². The van der Waals surface area contributed by atoms with Gasteiger partial charge >= 0.3 is 0 Å². The van der Waals surface area contributed by atoms with Gasteiger partial charge in [0.05, 0.1) is 7.11 Å². The first kappa shape index (κ1) is 16.8. The number of fused-ring (bicyclic) bond motifs is 1. The Balaban J connectivity index is 1.78. The molecule has 0 saturated carbocycles. The van der Waals surface area contributed by atoms with Crippen LogP contribution in [0.5, 0.6) is 5.75 Å². The summed E-state index contributed by atoms with van der Waals surface area (Å²) in [5.74, 6) is 0.673. The number of hydrogen-bond donors (Lipinski definition) is 1. The summed E-state index contributed by atoms with van der Waals surface area (Å²) in [6.45, 7) is 4.24. The maximum atomic E-state index is 12.5. The fourth-order valence-electron chi connectivity index (χ4n) is 2.96. The molecule has 1 amide bonds. The van der Waals surface area contributed by atoms with Gasteiger partial charge in [0.15, 0.2) is 0 Å². The van der Waals surface area contributed by atoms with E-state index in [9.17, 15) is 4.79 Å². The third-order valence-corrected chi connectivity index (χ3v) is 4.23. The minimum absolute atomic E-state index is 0.0964. The standard InChI is InChI=1S/C22H21NO2/c1-3-7-17-14-18(12-13-21(17)25-2)22(24)23-15-19-10-6-9-16-8-4-5-11-20(16)19/h3-6,8-14H,1,7,15H2,2H3,(H,23,24). The zero-order valence-corrected chi connectivity index (χ0v) is 14.3. The van der Waals surface area contributed by atoms with Crippen molar-refractivity contribution in [2.75, 3.05) is 7.11 Å². The highest BCUT2D eigenvalue weighted by Gasteiger charge is 2.10. The van der Waals surface area contributed by atoms with Crippen LogP contribution in [0.1, 0.15) is 21.5 Å². The first-order chi connectivity index (χ1) is 12.2. The molecular weight excluding hydrogens is 310 g/mol. The van der Waals surface area contributed by atoms with Crippen LogP contribution in [0.4, 0.5) is 0 Å². The fourth-order valence-corrected chi connectivity index (χ4v) is 2.96. The van der Waals surface area contributed by atoms with Crippen molar-refractivity contribution in [2.24, 2.45) is 0 Å². The van der Waals surface area contributed by atoms with Gasteiger partial charge in [0.2, 0.25) is 0 Å². The van der Waals surface area contributed by atoms with Crippen LogP contribution in [-0.2, 0) is 13.0 Å². The van der Waals surface area contributed by atoms with Crippen LogP contribution in [0.3, 0.4) is 0 Å². The highest BCUT2D eigenvalue weighted by molar-refractivity contribution is 5.95. The molecule has 0 heterocycles. The zero-order valence-electron chi connectivity index (χ0n) is 14.3. The molecule has 3 aromatic carbocycles. The highest BCUT2D eigenvalue weighted by Crippen LogP contribution is 2.21. The molecule has 3 nitrogen and oxygen atoms in total. The van der Waals surface area contributed by atoms with E-state index in [1.165, 1.54) is 5.39 Å². The molecule has 126 valence electrons. The van der Waals surface area contributed by atoms with Crippen LogP contribution in [-0.4, -0.2) is 13.0 Å². The third-order valence-electron chi connectivity index (χ3n) is 4.23. The van der Waals surface area contributed by atoms with Crippen molar-refractivity contribution in [2.45, 2.75) is 13.0 Å². The Morgan fingerprint density at radius 1 is 1.08 bits per heavy atom. The fraction of sp³-hybridized carbons (Fsp3) is 0.136. The Hall–Kier alpha value is -3.07. The van der Waals surface area contributed by atoms with Crippen molar-refractivity contribution >= 4 is 16.7 Å². The maximum absolute atomic E-state index is 12.5. The predicted octanol–water partition coefficient (Wildman–Crippen LogP) is 4.51. The number of allylic oxidation sites excluding steroid dienone is 1. The number of amides is 1. The molecular formula is C22H21NO2. The molecule has 0 unspecified atom stereocenters. The van der Waals surface area contributed by atoms with Gasteiger partial charge in [-0.1, -0.05) is 48.5 Å². The summed E-state index contributed by atoms with van der Waals surface area (Å²) in [7, 11) is 1.63. The van der Waals surface area contributed by atoms with Crippen molar-refractivity contribution in [3.8, 4) is 5.75 Å². The van der Waals surface area contributed by atoms with Gasteiger partial charge in [-0.2, -0.15) is 0 Å². The number of carbonyl (C=O) groups excluding carboxylic acids is 1. The van der Waals surface area contributed by atoms with E-state index in [-0.39, 0.29) is 5.91 Å². The van der Waals surface area contributed by atoms with E-state index < -0.39 is 0 Å². The molecule has 0 aliphatic heterocycles. The normalized spacial score (nSPS) is 10.4. The lowest BCUT2D eigenvalue weighted by atomic mass is 10.0. The number of rotatable bonds is 6. The molecule has 0 saturated heterocycles. The molecule has 3 rings (SSSR count). The molecule has 1 N–H and O–H groups in total. The number of hydrogen-bond acceptors (Lipinski definition) is 2. The van der Waals surface area contributed by atoms with Crippen LogP contribution >= 0.6 is 0 Å². The van der Waals surface area contributed by atoms with E-state index in [4.69, 9.17) is 4.74 Å². The SMILES string of the molecule is C=CCc1cc(C(=O)NCc2cccc3ccccc23)ccc1OC. The van der Waals surface area contributed by atoms with Gasteiger partial charge in [0.1, 0.15) is 5.75 Å². The summed E-state index contributed by atoms with van der Waals surface area (Å²) in [6, 6.07) is 19.8. The zero-order chi connectivity index (χ0) is 17.6. The smallest absolute Gasteiger partial charge is 0.251 e. The number of carbonyl (C=O) groups is 1. The van der Waals surface area contributed by atoms with E-state index in [0.29, 0.717) is 18.5 Å². The Kier molecular flexibility index (Phi) is 5.14. The van der Waals surface area contributed by atoms with Crippen LogP contribution in [0.25, 0.3) is 10.8 Å². The Morgan fingerprint density at radius 2 is 1.88 bits per heavy atom. The quantitative estimate of drug-likeness (QED) is 0.675. The average Bonchev–Trinajstić information content (AvgIpc) is 2.66. The van der Waals surface area contributed by atoms with Crippen molar-refractivity contribution in [3.63, 3.8) is 0 Å². The number of benzene rings is 3. The Bertz CT molecular complexity index is 910. The van der Waals surface area contributed by atoms with E-state index in [2.05, 4.69) is 30.1 Å². The first-order valence-electron chi connectivity index (χ1n) is 8.25. The molecule has 0 aliphatic carbocycles. The summed E-state index contributed by atoms with van der Waals surface area (Å²) < 4.78 is 5.33. The summed E-state index contributed by atoms with van der Waals surface area (Å²) >= 11 is 0. The summed E-state index contributed by atoms with van der Waals surface area (Å²) in [5, 5.41) is 5.34. The number of nitrogens with one attached hydrogen (secondary N) is 1. The molecule has 3 heteroatoms. The van der Waals surface area contributed by atoms with Gasteiger partial charge in [0, 0.05) is 12.1 Å². The molecule has 25 heavy (non-hydrogen) atoms. The molecule has 3 aromatic rings. The van der Waals surface area contributed by atoms with Crippen molar-refractivity contribution in [1.82, 2.24) is 5.32 Å². The molecule has 0 aliphatic rings. The minimum Gasteiger partial charge on any atom is -0.496 e. The van der Waals surface area contributed by atoms with Crippen LogP contribution in [0, 0.1) is 0 Å². The van der Waals surface area contributed by atoms with E-state index in [1.54, 1.807) is 19.3 Å². The summed E-state index contributed by atoms with van der Waals surface area (Å²) in [4.78, 5) is 12.5. The Labute approximate surface area is 147 Å². The van der Waals surface area contributed by atoms with Crippen molar-refractivity contribution in [3.05, 3.63) is 90.0 Å². The third kappa shape index (κ3) is 3.72. The second-order valence-corrected chi connectivity index (χ2v) is 5.84. The van der Waals surface area contributed by atoms with Crippen LogP contribution < -0.4 is 10.1 Å². The van der Waals surface area contributed by atoms with Crippen LogP contribution in [0.15, 0.2) is 73.3 Å². The second kappa shape index (κ2) is 7.67. The highest BCUT2D eigenvalue weighted by atomic mass is 16.5. The predicted molar refractivity (Wildman–Crippen MR) is 102 cm³/mol. The lowest BCUT2D eigenvalue weighted by Crippen LogP contribution is -2.23. The van der Waals surface area contributed by atoms with Gasteiger partial charge in [0.25, 0.3) is 5.91 Å². The van der Waals surface area contributed by atoms with Crippen molar-refractivity contribution in [1.29, 1.82) is 0 Å². The monoisotopic (exact) mass is 331 g/mol. The molecule has 0 radical (unpaired) electrons. The lowest BCUT2D eigenvalue weighted by Gasteiger charge is -2.11. The molecule has 0 bridgehead atoms. The van der Waals surface area contributed by atoms with Gasteiger partial charge in [-0.3, -0.25) is 4.79 Å². The van der Waals surface area contributed by atoms with Crippen molar-refractivity contribution < 1.29 is 9.53 Å². The second-order valence-electron chi connectivity index (χ2n) is 5.84. The maximum Gasteiger partial charge on any atom is 0.251 e. The Morgan fingerprint density at radius 3 is 2.68 bits per heavy atom. The topological polar surface area (TPSA) is 38.3 Å². The number of methoxy groups -OCH3 is 1. The number of ether oxygens (including phenoxy) is 1. The molecule has 0 atom stereocenters.